The first-order chi connectivity index (χ1) is 12.8. The number of aliphatic hydroxyl groups excluding tert-OH is 1. The molecule has 1 atom stereocenters. The van der Waals surface area contributed by atoms with E-state index in [2.05, 4.69) is 53.1 Å². The van der Waals surface area contributed by atoms with Crippen LogP contribution in [-0.2, 0) is 6.42 Å². The minimum absolute atomic E-state index is 0.295. The van der Waals surface area contributed by atoms with Crippen LogP contribution in [0.15, 0.2) is 59.5 Å². The van der Waals surface area contributed by atoms with Gasteiger partial charge in [0.25, 0.3) is 0 Å². The van der Waals surface area contributed by atoms with Crippen LogP contribution < -0.4 is 4.90 Å². The summed E-state index contributed by atoms with van der Waals surface area (Å²) in [5.74, 6) is 1.17. The van der Waals surface area contributed by atoms with Gasteiger partial charge in [0, 0.05) is 37.6 Å². The highest BCUT2D eigenvalue weighted by Crippen LogP contribution is 2.31. The molecule has 1 aliphatic rings. The average molecular weight is 371 g/mol. The molecule has 0 unspecified atom stereocenters. The molecule has 1 aliphatic heterocycles. The molecule has 1 heterocycles. The van der Waals surface area contributed by atoms with Crippen molar-refractivity contribution in [2.45, 2.75) is 30.8 Å². The maximum absolute atomic E-state index is 10.4. The number of hydrogen-bond donors (Lipinski definition) is 1. The third-order valence-corrected chi connectivity index (χ3v) is 6.09. The molecule has 0 aromatic heterocycles. The minimum atomic E-state index is -0.295. The first-order valence-corrected chi connectivity index (χ1v) is 10.7. The second kappa shape index (κ2) is 10.0. The van der Waals surface area contributed by atoms with E-state index in [9.17, 15) is 5.11 Å². The lowest BCUT2D eigenvalue weighted by atomic mass is 10.1. The first-order valence-electron chi connectivity index (χ1n) is 9.67. The molecule has 4 heteroatoms. The monoisotopic (exact) mass is 370 g/mol. The smallest absolute Gasteiger partial charge is 0.0707 e. The summed E-state index contributed by atoms with van der Waals surface area (Å²) in [6.45, 7) is 7.07. The van der Waals surface area contributed by atoms with E-state index in [-0.39, 0.29) is 6.10 Å². The van der Waals surface area contributed by atoms with Crippen molar-refractivity contribution >= 4 is 17.4 Å². The fourth-order valence-electron chi connectivity index (χ4n) is 3.47. The molecule has 1 fully saturated rings. The number of nitrogens with zero attached hydrogens (tertiary/aromatic N) is 2. The third kappa shape index (κ3) is 5.50. The van der Waals surface area contributed by atoms with Crippen LogP contribution in [0.1, 0.15) is 18.9 Å². The summed E-state index contributed by atoms with van der Waals surface area (Å²) in [6, 6.07) is 19.0. The van der Waals surface area contributed by atoms with Gasteiger partial charge in [-0.15, -0.1) is 11.8 Å². The second-order valence-electron chi connectivity index (χ2n) is 6.95. The van der Waals surface area contributed by atoms with E-state index in [0.717, 1.165) is 39.1 Å². The third-order valence-electron chi connectivity index (χ3n) is 4.82. The van der Waals surface area contributed by atoms with Gasteiger partial charge < -0.3 is 10.0 Å². The molecule has 2 aromatic carbocycles. The molecule has 0 saturated carbocycles. The summed E-state index contributed by atoms with van der Waals surface area (Å²) in [7, 11) is 0. The normalized spacial score (nSPS) is 16.6. The van der Waals surface area contributed by atoms with Gasteiger partial charge in [-0.05, 0) is 36.3 Å². The number of aliphatic hydroxyl groups is 1. The van der Waals surface area contributed by atoms with Gasteiger partial charge >= 0.3 is 0 Å². The summed E-state index contributed by atoms with van der Waals surface area (Å²) in [5, 5.41) is 10.4. The Balaban J connectivity index is 1.50. The number of para-hydroxylation sites is 1. The zero-order valence-corrected chi connectivity index (χ0v) is 16.5. The van der Waals surface area contributed by atoms with Crippen LogP contribution in [0.25, 0.3) is 0 Å². The molecule has 0 aliphatic carbocycles. The van der Waals surface area contributed by atoms with Crippen molar-refractivity contribution in [3.05, 3.63) is 60.2 Å². The summed E-state index contributed by atoms with van der Waals surface area (Å²) in [5.41, 5.74) is 2.58. The molecule has 3 nitrogen and oxygen atoms in total. The summed E-state index contributed by atoms with van der Waals surface area (Å²) in [6.07, 6.45) is 1.64. The Morgan fingerprint density at radius 2 is 1.65 bits per heavy atom. The van der Waals surface area contributed by atoms with Gasteiger partial charge in [-0.25, -0.2) is 0 Å². The molecule has 0 bridgehead atoms. The number of β-amino-alcohol motifs (C(OH)–C–C–N with tert-alkyl or cyclic N) is 1. The van der Waals surface area contributed by atoms with Crippen LogP contribution in [0, 0.1) is 0 Å². The van der Waals surface area contributed by atoms with E-state index in [1.54, 1.807) is 0 Å². The van der Waals surface area contributed by atoms with Crippen LogP contribution in [0.5, 0.6) is 0 Å². The Morgan fingerprint density at radius 1 is 0.962 bits per heavy atom. The number of anilines is 1. The average Bonchev–Trinajstić information content (AvgIpc) is 2.68. The zero-order valence-electron chi connectivity index (χ0n) is 15.7. The summed E-state index contributed by atoms with van der Waals surface area (Å²) in [4.78, 5) is 6.29. The summed E-state index contributed by atoms with van der Waals surface area (Å²) >= 11 is 1.96. The van der Waals surface area contributed by atoms with Crippen molar-refractivity contribution in [2.24, 2.45) is 0 Å². The quantitative estimate of drug-likeness (QED) is 0.713. The van der Waals surface area contributed by atoms with E-state index in [4.69, 9.17) is 0 Å². The van der Waals surface area contributed by atoms with Crippen molar-refractivity contribution < 1.29 is 5.11 Å². The van der Waals surface area contributed by atoms with Gasteiger partial charge in [0.05, 0.1) is 11.8 Å². The molecule has 0 spiro atoms. The van der Waals surface area contributed by atoms with Gasteiger partial charge in [-0.3, -0.25) is 4.90 Å². The number of piperazine rings is 1. The second-order valence-corrected chi connectivity index (χ2v) is 8.08. The predicted molar refractivity (Wildman–Crippen MR) is 112 cm³/mol. The van der Waals surface area contributed by atoms with Gasteiger partial charge in [0.15, 0.2) is 0 Å². The van der Waals surface area contributed by atoms with Crippen LogP contribution in [0.2, 0.25) is 0 Å². The van der Waals surface area contributed by atoms with E-state index >= 15 is 0 Å². The van der Waals surface area contributed by atoms with Crippen molar-refractivity contribution in [1.29, 1.82) is 0 Å². The lowest BCUT2D eigenvalue weighted by Gasteiger charge is -2.37. The van der Waals surface area contributed by atoms with E-state index in [1.165, 1.54) is 28.3 Å². The highest BCUT2D eigenvalue weighted by Gasteiger charge is 2.21. The standard InChI is InChI=1S/C22H30N2OS/c1-2-16-26-22-11-7-6-10-21(22)24-14-12-23(13-15-24)18-20(25)17-19-8-4-3-5-9-19/h3-11,20,25H,2,12-18H2,1H3/t20-/m0/s1. The Morgan fingerprint density at radius 3 is 2.38 bits per heavy atom. The number of benzene rings is 2. The van der Waals surface area contributed by atoms with Gasteiger partial charge in [-0.1, -0.05) is 49.4 Å². The van der Waals surface area contributed by atoms with Crippen molar-refractivity contribution in [3.8, 4) is 0 Å². The van der Waals surface area contributed by atoms with Crippen LogP contribution >= 0.6 is 11.8 Å². The SMILES string of the molecule is CCCSc1ccccc1N1CCN(C[C@@H](O)Cc2ccccc2)CC1. The highest BCUT2D eigenvalue weighted by atomic mass is 32.2. The molecule has 1 saturated heterocycles. The van der Waals surface area contributed by atoms with E-state index < -0.39 is 0 Å². The largest absolute Gasteiger partial charge is 0.391 e. The number of rotatable bonds is 8. The molecular weight excluding hydrogens is 340 g/mol. The Bertz CT molecular complexity index is 656. The fourth-order valence-corrected chi connectivity index (χ4v) is 4.42. The minimum Gasteiger partial charge on any atom is -0.391 e. The molecule has 0 radical (unpaired) electrons. The fraction of sp³-hybridized carbons (Fsp3) is 0.455. The van der Waals surface area contributed by atoms with Gasteiger partial charge in [-0.2, -0.15) is 0 Å². The molecule has 140 valence electrons. The highest BCUT2D eigenvalue weighted by molar-refractivity contribution is 7.99. The Labute approximate surface area is 162 Å². The first kappa shape index (κ1) is 19.3. The molecule has 26 heavy (non-hydrogen) atoms. The van der Waals surface area contributed by atoms with Crippen molar-refractivity contribution in [1.82, 2.24) is 4.90 Å². The van der Waals surface area contributed by atoms with Gasteiger partial charge in [0.2, 0.25) is 0 Å². The maximum atomic E-state index is 10.4. The van der Waals surface area contributed by atoms with E-state index in [1.807, 2.05) is 30.0 Å². The van der Waals surface area contributed by atoms with Crippen LogP contribution in [0.3, 0.4) is 0 Å². The molecule has 1 N–H and O–H groups in total. The Kier molecular flexibility index (Phi) is 7.42. The zero-order chi connectivity index (χ0) is 18.2. The topological polar surface area (TPSA) is 26.7 Å². The number of hydrogen-bond acceptors (Lipinski definition) is 4. The lowest BCUT2D eigenvalue weighted by molar-refractivity contribution is 0.109. The van der Waals surface area contributed by atoms with E-state index in [0.29, 0.717) is 0 Å². The molecular formula is C22H30N2OS. The number of thioether (sulfide) groups is 1. The van der Waals surface area contributed by atoms with Crippen LogP contribution in [-0.4, -0.2) is 54.6 Å². The Hall–Kier alpha value is -1.49. The maximum Gasteiger partial charge on any atom is 0.0707 e. The predicted octanol–water partition coefficient (Wildman–Crippen LogP) is 3.91. The van der Waals surface area contributed by atoms with Crippen molar-refractivity contribution in [3.63, 3.8) is 0 Å². The van der Waals surface area contributed by atoms with Gasteiger partial charge in [0.1, 0.15) is 0 Å². The van der Waals surface area contributed by atoms with Crippen LogP contribution in [0.4, 0.5) is 5.69 Å². The molecule has 0 amide bonds. The lowest BCUT2D eigenvalue weighted by Crippen LogP contribution is -2.49. The van der Waals surface area contributed by atoms with Crippen molar-refractivity contribution in [2.75, 3.05) is 43.4 Å². The summed E-state index contributed by atoms with van der Waals surface area (Å²) < 4.78 is 0. The molecule has 2 aromatic rings. The molecule has 3 rings (SSSR count).